The normalized spacial score (nSPS) is 24.1. The van der Waals surface area contributed by atoms with E-state index in [0.717, 1.165) is 13.1 Å². The molecular formula is C12H23N3. The molecule has 2 unspecified atom stereocenters. The van der Waals surface area contributed by atoms with E-state index in [1.807, 2.05) is 6.92 Å². The fraction of sp³-hybridized carbons (Fsp3) is 0.917. The van der Waals surface area contributed by atoms with Gasteiger partial charge in [0, 0.05) is 18.6 Å². The molecule has 0 aromatic rings. The molecule has 0 amide bonds. The quantitative estimate of drug-likeness (QED) is 0.766. The van der Waals surface area contributed by atoms with Gasteiger partial charge in [-0.15, -0.1) is 0 Å². The zero-order chi connectivity index (χ0) is 11.3. The summed E-state index contributed by atoms with van der Waals surface area (Å²) in [5, 5.41) is 12.5. The predicted molar refractivity (Wildman–Crippen MR) is 62.6 cm³/mol. The summed E-state index contributed by atoms with van der Waals surface area (Å²) in [5.74, 6) is 0. The summed E-state index contributed by atoms with van der Waals surface area (Å²) in [4.78, 5) is 2.28. The summed E-state index contributed by atoms with van der Waals surface area (Å²) in [6, 6.07) is 3.38. The highest BCUT2D eigenvalue weighted by Crippen LogP contribution is 2.12. The summed E-state index contributed by atoms with van der Waals surface area (Å²) < 4.78 is 0. The Morgan fingerprint density at radius 1 is 1.40 bits per heavy atom. The van der Waals surface area contributed by atoms with Crippen LogP contribution in [0.25, 0.3) is 0 Å². The van der Waals surface area contributed by atoms with Crippen LogP contribution >= 0.6 is 0 Å². The molecular weight excluding hydrogens is 186 g/mol. The van der Waals surface area contributed by atoms with E-state index in [9.17, 15) is 0 Å². The molecule has 0 saturated carbocycles. The largest absolute Gasteiger partial charge is 0.313 e. The number of piperidine rings is 1. The van der Waals surface area contributed by atoms with Crippen LogP contribution in [0.2, 0.25) is 0 Å². The van der Waals surface area contributed by atoms with Crippen LogP contribution in [0.3, 0.4) is 0 Å². The molecule has 86 valence electrons. The van der Waals surface area contributed by atoms with Crippen LogP contribution in [0.15, 0.2) is 0 Å². The first-order valence-electron chi connectivity index (χ1n) is 6.04. The molecule has 1 saturated heterocycles. The van der Waals surface area contributed by atoms with Crippen molar-refractivity contribution in [2.24, 2.45) is 0 Å². The van der Waals surface area contributed by atoms with Gasteiger partial charge in [0.25, 0.3) is 0 Å². The van der Waals surface area contributed by atoms with Crippen molar-refractivity contribution in [1.29, 1.82) is 5.26 Å². The average Bonchev–Trinajstić information content (AvgIpc) is 2.26. The van der Waals surface area contributed by atoms with Crippen molar-refractivity contribution in [3.8, 4) is 6.07 Å². The highest BCUT2D eigenvalue weighted by molar-refractivity contribution is 4.91. The lowest BCUT2D eigenvalue weighted by molar-refractivity contribution is 0.164. The van der Waals surface area contributed by atoms with Crippen LogP contribution in [0.1, 0.15) is 40.0 Å². The first-order chi connectivity index (χ1) is 7.15. The molecule has 3 nitrogen and oxygen atoms in total. The third-order valence-electron chi connectivity index (χ3n) is 3.19. The molecule has 0 aromatic heterocycles. The molecule has 2 atom stereocenters. The fourth-order valence-electron chi connectivity index (χ4n) is 2.22. The monoisotopic (exact) mass is 209 g/mol. The molecule has 1 aliphatic rings. The van der Waals surface area contributed by atoms with Gasteiger partial charge in [0.05, 0.1) is 12.1 Å². The van der Waals surface area contributed by atoms with Crippen LogP contribution in [0.5, 0.6) is 0 Å². The third kappa shape index (κ3) is 3.81. The highest BCUT2D eigenvalue weighted by atomic mass is 15.2. The molecule has 0 radical (unpaired) electrons. The van der Waals surface area contributed by atoms with Gasteiger partial charge in [-0.3, -0.25) is 4.90 Å². The van der Waals surface area contributed by atoms with Gasteiger partial charge in [0.2, 0.25) is 0 Å². The van der Waals surface area contributed by atoms with Crippen molar-refractivity contribution < 1.29 is 0 Å². The molecule has 0 aromatic carbocycles. The predicted octanol–water partition coefficient (Wildman–Crippen LogP) is 1.75. The molecule has 0 spiro atoms. The van der Waals surface area contributed by atoms with E-state index in [2.05, 4.69) is 30.1 Å². The van der Waals surface area contributed by atoms with Gasteiger partial charge in [-0.05, 0) is 40.2 Å². The smallest absolute Gasteiger partial charge is 0.0952 e. The van der Waals surface area contributed by atoms with Crippen LogP contribution in [0.4, 0.5) is 0 Å². The lowest BCUT2D eigenvalue weighted by Crippen LogP contribution is -2.48. The Bertz CT molecular complexity index is 213. The molecule has 1 N–H and O–H groups in total. The van der Waals surface area contributed by atoms with E-state index in [1.165, 1.54) is 19.3 Å². The minimum absolute atomic E-state index is 0.0220. The zero-order valence-corrected chi connectivity index (χ0v) is 10.2. The van der Waals surface area contributed by atoms with E-state index in [1.54, 1.807) is 0 Å². The Kier molecular flexibility index (Phi) is 5.07. The third-order valence-corrected chi connectivity index (χ3v) is 3.19. The topological polar surface area (TPSA) is 39.1 Å². The van der Waals surface area contributed by atoms with Crippen LogP contribution in [0, 0.1) is 11.3 Å². The minimum atomic E-state index is 0.0220. The number of nitrogens with one attached hydrogen (secondary N) is 1. The summed E-state index contributed by atoms with van der Waals surface area (Å²) >= 11 is 0. The van der Waals surface area contributed by atoms with Gasteiger partial charge in [-0.2, -0.15) is 5.26 Å². The maximum absolute atomic E-state index is 8.97. The average molecular weight is 209 g/mol. The second-order valence-electron chi connectivity index (χ2n) is 4.74. The highest BCUT2D eigenvalue weighted by Gasteiger charge is 2.22. The van der Waals surface area contributed by atoms with Crippen molar-refractivity contribution >= 4 is 0 Å². The van der Waals surface area contributed by atoms with E-state index in [4.69, 9.17) is 5.26 Å². The van der Waals surface area contributed by atoms with E-state index in [0.29, 0.717) is 12.1 Å². The van der Waals surface area contributed by atoms with Gasteiger partial charge in [0.1, 0.15) is 0 Å². The number of hydrogen-bond acceptors (Lipinski definition) is 3. The second-order valence-corrected chi connectivity index (χ2v) is 4.74. The first-order valence-corrected chi connectivity index (χ1v) is 6.04. The van der Waals surface area contributed by atoms with E-state index >= 15 is 0 Å². The van der Waals surface area contributed by atoms with Gasteiger partial charge < -0.3 is 5.32 Å². The second kappa shape index (κ2) is 6.09. The number of rotatable bonds is 4. The number of nitrogens with zero attached hydrogens (tertiary/aromatic N) is 2. The molecule has 0 aliphatic carbocycles. The van der Waals surface area contributed by atoms with Crippen LogP contribution in [-0.2, 0) is 0 Å². The minimum Gasteiger partial charge on any atom is -0.313 e. The summed E-state index contributed by atoms with van der Waals surface area (Å²) in [6.07, 6.45) is 3.87. The fourth-order valence-corrected chi connectivity index (χ4v) is 2.22. The van der Waals surface area contributed by atoms with Crippen molar-refractivity contribution in [2.45, 2.75) is 58.2 Å². The van der Waals surface area contributed by atoms with Crippen LogP contribution in [-0.4, -0.2) is 36.1 Å². The first kappa shape index (κ1) is 12.5. The Hall–Kier alpha value is -0.590. The summed E-state index contributed by atoms with van der Waals surface area (Å²) in [5.41, 5.74) is 0. The van der Waals surface area contributed by atoms with E-state index in [-0.39, 0.29) is 6.04 Å². The van der Waals surface area contributed by atoms with Gasteiger partial charge in [-0.25, -0.2) is 0 Å². The van der Waals surface area contributed by atoms with Crippen molar-refractivity contribution in [3.63, 3.8) is 0 Å². The summed E-state index contributed by atoms with van der Waals surface area (Å²) in [6.45, 7) is 8.46. The maximum atomic E-state index is 8.97. The lowest BCUT2D eigenvalue weighted by Gasteiger charge is -2.34. The van der Waals surface area contributed by atoms with Gasteiger partial charge in [-0.1, -0.05) is 6.42 Å². The number of hydrogen-bond donors (Lipinski definition) is 1. The summed E-state index contributed by atoms with van der Waals surface area (Å²) in [7, 11) is 0. The Labute approximate surface area is 93.5 Å². The standard InChI is InChI=1S/C12H23N3/c1-10(2)15(11(3)8-13)9-12-6-4-5-7-14-12/h10-12,14H,4-7,9H2,1-3H3. The van der Waals surface area contributed by atoms with Crippen molar-refractivity contribution in [1.82, 2.24) is 10.2 Å². The van der Waals surface area contributed by atoms with Crippen molar-refractivity contribution in [3.05, 3.63) is 0 Å². The van der Waals surface area contributed by atoms with Crippen molar-refractivity contribution in [2.75, 3.05) is 13.1 Å². The Morgan fingerprint density at radius 3 is 2.60 bits per heavy atom. The van der Waals surface area contributed by atoms with Gasteiger partial charge >= 0.3 is 0 Å². The lowest BCUT2D eigenvalue weighted by atomic mass is 10.0. The SMILES string of the molecule is CC(C)N(CC1CCCCN1)C(C)C#N. The maximum Gasteiger partial charge on any atom is 0.0952 e. The number of nitriles is 1. The van der Waals surface area contributed by atoms with Gasteiger partial charge in [0.15, 0.2) is 0 Å². The molecule has 0 bridgehead atoms. The molecule has 1 heterocycles. The Morgan fingerprint density at radius 2 is 2.13 bits per heavy atom. The molecule has 1 rings (SSSR count). The molecule has 1 aliphatic heterocycles. The Balaban J connectivity index is 2.46. The molecule has 1 fully saturated rings. The van der Waals surface area contributed by atoms with E-state index < -0.39 is 0 Å². The molecule has 15 heavy (non-hydrogen) atoms. The molecule has 3 heteroatoms. The zero-order valence-electron chi connectivity index (χ0n) is 10.2. The van der Waals surface area contributed by atoms with Crippen LogP contribution < -0.4 is 5.32 Å².